The first-order valence-corrected chi connectivity index (χ1v) is 5.82. The van der Waals surface area contributed by atoms with Crippen LogP contribution < -0.4 is 10.5 Å². The molecule has 0 saturated heterocycles. The Hall–Kier alpha value is -0.770. The van der Waals surface area contributed by atoms with E-state index in [1.165, 1.54) is 0 Å². The summed E-state index contributed by atoms with van der Waals surface area (Å²) in [5.41, 5.74) is 5.70. The van der Waals surface area contributed by atoms with Gasteiger partial charge < -0.3 is 15.2 Å². The van der Waals surface area contributed by atoms with Gasteiger partial charge in [-0.05, 0) is 18.6 Å². The minimum Gasteiger partial charge on any atom is -0.490 e. The first kappa shape index (κ1) is 13.3. The van der Waals surface area contributed by atoms with E-state index in [4.69, 9.17) is 26.8 Å². The van der Waals surface area contributed by atoms with Crippen LogP contribution in [0.5, 0.6) is 5.75 Å². The van der Waals surface area contributed by atoms with Gasteiger partial charge >= 0.3 is 0 Å². The number of ether oxygens (including phenoxy) is 2. The Morgan fingerprint density at radius 3 is 2.75 bits per heavy atom. The molecular weight excluding hydrogens is 226 g/mol. The number of hydrogen-bond acceptors (Lipinski definition) is 3. The van der Waals surface area contributed by atoms with E-state index in [0.717, 1.165) is 6.42 Å². The summed E-state index contributed by atoms with van der Waals surface area (Å²) in [6.45, 7) is 3.62. The maximum atomic E-state index is 5.92. The second-order valence-corrected chi connectivity index (χ2v) is 3.93. The Labute approximate surface area is 101 Å². The van der Waals surface area contributed by atoms with Crippen molar-refractivity contribution in [1.82, 2.24) is 0 Å². The Balaban J connectivity index is 2.14. The Morgan fingerprint density at radius 1 is 1.31 bits per heavy atom. The average molecular weight is 244 g/mol. The minimum atomic E-state index is 0.111. The Kier molecular flexibility index (Phi) is 6.23. The lowest BCUT2D eigenvalue weighted by Crippen LogP contribution is -2.26. The van der Waals surface area contributed by atoms with Crippen LogP contribution in [0.3, 0.4) is 0 Å². The molecule has 0 aliphatic carbocycles. The molecule has 0 bridgehead atoms. The van der Waals surface area contributed by atoms with Crippen molar-refractivity contribution in [2.75, 3.05) is 19.8 Å². The van der Waals surface area contributed by atoms with E-state index in [1.807, 2.05) is 25.1 Å². The van der Waals surface area contributed by atoms with E-state index in [2.05, 4.69) is 0 Å². The summed E-state index contributed by atoms with van der Waals surface area (Å²) in [6, 6.07) is 7.49. The van der Waals surface area contributed by atoms with Crippen molar-refractivity contribution in [3.05, 3.63) is 29.3 Å². The van der Waals surface area contributed by atoms with Crippen molar-refractivity contribution >= 4 is 11.6 Å². The zero-order valence-electron chi connectivity index (χ0n) is 9.49. The number of nitrogens with two attached hydrogens (primary N) is 1. The first-order chi connectivity index (χ1) is 7.74. The lowest BCUT2D eigenvalue weighted by molar-refractivity contribution is 0.0897. The van der Waals surface area contributed by atoms with Crippen LogP contribution in [0.4, 0.5) is 0 Å². The average Bonchev–Trinajstić information content (AvgIpc) is 2.30. The van der Waals surface area contributed by atoms with Gasteiger partial charge in [-0.1, -0.05) is 30.7 Å². The minimum absolute atomic E-state index is 0.111. The molecule has 1 aromatic rings. The highest BCUT2D eigenvalue weighted by Gasteiger charge is 2.00. The summed E-state index contributed by atoms with van der Waals surface area (Å²) < 4.78 is 10.8. The summed E-state index contributed by atoms with van der Waals surface area (Å²) in [5.74, 6) is 0.688. The molecule has 0 fully saturated rings. The quantitative estimate of drug-likeness (QED) is 0.749. The monoisotopic (exact) mass is 243 g/mol. The van der Waals surface area contributed by atoms with Crippen LogP contribution in [-0.2, 0) is 4.74 Å². The molecule has 0 heterocycles. The SMILES string of the molecule is CCC(N)COCCOc1ccccc1Cl. The Bertz CT molecular complexity index is 307. The van der Waals surface area contributed by atoms with Gasteiger partial charge in [0.25, 0.3) is 0 Å². The zero-order valence-corrected chi connectivity index (χ0v) is 10.2. The fourth-order valence-electron chi connectivity index (χ4n) is 1.12. The molecule has 0 aliphatic heterocycles. The lowest BCUT2D eigenvalue weighted by atomic mass is 10.3. The number of rotatable bonds is 7. The van der Waals surface area contributed by atoms with Gasteiger partial charge in [0.1, 0.15) is 12.4 Å². The van der Waals surface area contributed by atoms with Gasteiger partial charge in [-0.15, -0.1) is 0 Å². The second kappa shape index (κ2) is 7.49. The largest absolute Gasteiger partial charge is 0.490 e. The molecular formula is C12H18ClNO2. The molecule has 0 amide bonds. The van der Waals surface area contributed by atoms with Crippen molar-refractivity contribution in [3.63, 3.8) is 0 Å². The fourth-order valence-corrected chi connectivity index (χ4v) is 1.32. The predicted molar refractivity (Wildman–Crippen MR) is 66.0 cm³/mol. The maximum absolute atomic E-state index is 5.92. The van der Waals surface area contributed by atoms with Crippen molar-refractivity contribution in [2.45, 2.75) is 19.4 Å². The maximum Gasteiger partial charge on any atom is 0.138 e. The van der Waals surface area contributed by atoms with E-state index < -0.39 is 0 Å². The third-order valence-corrected chi connectivity index (χ3v) is 2.49. The zero-order chi connectivity index (χ0) is 11.8. The third kappa shape index (κ3) is 4.84. The van der Waals surface area contributed by atoms with Crippen LogP contribution in [0.1, 0.15) is 13.3 Å². The van der Waals surface area contributed by atoms with Crippen LogP contribution in [0.25, 0.3) is 0 Å². The first-order valence-electron chi connectivity index (χ1n) is 5.44. The molecule has 16 heavy (non-hydrogen) atoms. The van der Waals surface area contributed by atoms with E-state index in [0.29, 0.717) is 30.6 Å². The molecule has 1 rings (SSSR count). The molecule has 1 unspecified atom stereocenters. The van der Waals surface area contributed by atoms with Gasteiger partial charge in [0, 0.05) is 6.04 Å². The molecule has 1 aromatic carbocycles. The van der Waals surface area contributed by atoms with Gasteiger partial charge in [-0.2, -0.15) is 0 Å². The van der Waals surface area contributed by atoms with Crippen LogP contribution >= 0.6 is 11.6 Å². The summed E-state index contributed by atoms with van der Waals surface area (Å²) in [7, 11) is 0. The van der Waals surface area contributed by atoms with E-state index >= 15 is 0 Å². The molecule has 90 valence electrons. The number of hydrogen-bond donors (Lipinski definition) is 1. The van der Waals surface area contributed by atoms with Crippen LogP contribution in [-0.4, -0.2) is 25.9 Å². The van der Waals surface area contributed by atoms with Gasteiger partial charge in [0.15, 0.2) is 0 Å². The highest BCUT2D eigenvalue weighted by atomic mass is 35.5. The van der Waals surface area contributed by atoms with Crippen molar-refractivity contribution in [1.29, 1.82) is 0 Å². The normalized spacial score (nSPS) is 12.4. The highest BCUT2D eigenvalue weighted by molar-refractivity contribution is 6.32. The number of benzene rings is 1. The summed E-state index contributed by atoms with van der Waals surface area (Å²) in [4.78, 5) is 0. The van der Waals surface area contributed by atoms with E-state index in [1.54, 1.807) is 6.07 Å². The summed E-state index contributed by atoms with van der Waals surface area (Å²) in [5, 5.41) is 0.618. The van der Waals surface area contributed by atoms with Crippen molar-refractivity contribution in [2.24, 2.45) is 5.73 Å². The highest BCUT2D eigenvalue weighted by Crippen LogP contribution is 2.22. The van der Waals surface area contributed by atoms with Gasteiger partial charge in [-0.25, -0.2) is 0 Å². The van der Waals surface area contributed by atoms with Crippen molar-refractivity contribution < 1.29 is 9.47 Å². The molecule has 4 heteroatoms. The smallest absolute Gasteiger partial charge is 0.138 e. The third-order valence-electron chi connectivity index (χ3n) is 2.18. The van der Waals surface area contributed by atoms with E-state index in [-0.39, 0.29) is 6.04 Å². The molecule has 0 aromatic heterocycles. The van der Waals surface area contributed by atoms with Crippen LogP contribution in [0, 0.1) is 0 Å². The molecule has 3 nitrogen and oxygen atoms in total. The van der Waals surface area contributed by atoms with Crippen LogP contribution in [0.15, 0.2) is 24.3 Å². The summed E-state index contributed by atoms with van der Waals surface area (Å²) >= 11 is 5.92. The molecule has 0 radical (unpaired) electrons. The number of para-hydroxylation sites is 1. The second-order valence-electron chi connectivity index (χ2n) is 3.52. The molecule has 1 atom stereocenters. The van der Waals surface area contributed by atoms with Gasteiger partial charge in [-0.3, -0.25) is 0 Å². The summed E-state index contributed by atoms with van der Waals surface area (Å²) in [6.07, 6.45) is 0.922. The Morgan fingerprint density at radius 2 is 2.06 bits per heavy atom. The van der Waals surface area contributed by atoms with Gasteiger partial charge in [0.05, 0.1) is 18.2 Å². The standard InChI is InChI=1S/C12H18ClNO2/c1-2-10(14)9-15-7-8-16-12-6-4-3-5-11(12)13/h3-6,10H,2,7-9,14H2,1H3. The molecule has 0 saturated carbocycles. The lowest BCUT2D eigenvalue weighted by Gasteiger charge is -2.11. The molecule has 2 N–H and O–H groups in total. The van der Waals surface area contributed by atoms with Gasteiger partial charge in [0.2, 0.25) is 0 Å². The van der Waals surface area contributed by atoms with E-state index in [9.17, 15) is 0 Å². The molecule has 0 aliphatic rings. The van der Waals surface area contributed by atoms with Crippen LogP contribution in [0.2, 0.25) is 5.02 Å². The molecule has 0 spiro atoms. The number of halogens is 1. The van der Waals surface area contributed by atoms with Crippen molar-refractivity contribution in [3.8, 4) is 5.75 Å². The fraction of sp³-hybridized carbons (Fsp3) is 0.500. The predicted octanol–water partition coefficient (Wildman–Crippen LogP) is 2.47. The topological polar surface area (TPSA) is 44.5 Å².